The summed E-state index contributed by atoms with van der Waals surface area (Å²) in [4.78, 5) is 26.0. The van der Waals surface area contributed by atoms with Crippen molar-refractivity contribution in [3.05, 3.63) is 58.3 Å². The van der Waals surface area contributed by atoms with Crippen LogP contribution in [0.25, 0.3) is 22.1 Å². The van der Waals surface area contributed by atoms with E-state index in [0.29, 0.717) is 29.0 Å². The molecule has 1 aliphatic rings. The normalized spacial score (nSPS) is 13.7. The molecule has 0 saturated carbocycles. The van der Waals surface area contributed by atoms with Crippen LogP contribution in [-0.2, 0) is 6.54 Å². The van der Waals surface area contributed by atoms with Crippen molar-refractivity contribution >= 4 is 22.3 Å². The first-order valence-electron chi connectivity index (χ1n) is 10.1. The zero-order valence-corrected chi connectivity index (χ0v) is 17.7. The summed E-state index contributed by atoms with van der Waals surface area (Å²) in [5, 5.41) is 5.20. The molecule has 0 amide bonds. The largest absolute Gasteiger partial charge is 0.459 e. The zero-order chi connectivity index (χ0) is 20.9. The van der Waals surface area contributed by atoms with Gasteiger partial charge in [-0.3, -0.25) is 9.59 Å². The predicted octanol–water partition coefficient (Wildman–Crippen LogP) is 5.62. The van der Waals surface area contributed by atoms with Crippen molar-refractivity contribution in [2.24, 2.45) is 5.41 Å². The Hall–Kier alpha value is -2.72. The maximum absolute atomic E-state index is 13.0. The Labute approximate surface area is 171 Å². The predicted molar refractivity (Wildman–Crippen MR) is 116 cm³/mol. The summed E-state index contributed by atoms with van der Waals surface area (Å²) < 4.78 is 6.16. The summed E-state index contributed by atoms with van der Waals surface area (Å²) in [6.07, 6.45) is 1.04. The SMILES string of the molecule is Cc1c(CNCCC(C)(C)C)oc2c1C(=O)C(=O)c1c-2ccc2c(C)cccc12. The first-order valence-corrected chi connectivity index (χ1v) is 10.1. The Morgan fingerprint density at radius 3 is 2.38 bits per heavy atom. The highest BCUT2D eigenvalue weighted by Crippen LogP contribution is 2.41. The van der Waals surface area contributed by atoms with E-state index in [9.17, 15) is 9.59 Å². The lowest BCUT2D eigenvalue weighted by Gasteiger charge is -2.17. The molecule has 3 aromatic rings. The Bertz CT molecular complexity index is 1150. The van der Waals surface area contributed by atoms with E-state index in [1.165, 1.54) is 0 Å². The minimum atomic E-state index is -0.469. The van der Waals surface area contributed by atoms with E-state index in [4.69, 9.17) is 4.42 Å². The lowest BCUT2D eigenvalue weighted by Crippen LogP contribution is -2.22. The van der Waals surface area contributed by atoms with Crippen molar-refractivity contribution in [3.8, 4) is 11.3 Å². The molecular weight excluding hydrogens is 362 g/mol. The van der Waals surface area contributed by atoms with Crippen molar-refractivity contribution in [2.45, 2.75) is 47.6 Å². The maximum Gasteiger partial charge on any atom is 0.237 e. The van der Waals surface area contributed by atoms with Gasteiger partial charge in [-0.15, -0.1) is 0 Å². The molecular formula is C25H27NO3. The van der Waals surface area contributed by atoms with E-state index < -0.39 is 11.6 Å². The highest BCUT2D eigenvalue weighted by Gasteiger charge is 2.37. The molecule has 0 radical (unpaired) electrons. The molecule has 1 aromatic heterocycles. The van der Waals surface area contributed by atoms with Crippen LogP contribution in [0.4, 0.5) is 0 Å². The summed E-state index contributed by atoms with van der Waals surface area (Å²) >= 11 is 0. The smallest absolute Gasteiger partial charge is 0.237 e. The van der Waals surface area contributed by atoms with Crippen LogP contribution in [-0.4, -0.2) is 18.1 Å². The molecule has 1 heterocycles. The molecule has 2 aromatic carbocycles. The lowest BCUT2D eigenvalue weighted by molar-refractivity contribution is 0.0815. The molecule has 150 valence electrons. The number of benzene rings is 2. The van der Waals surface area contributed by atoms with Gasteiger partial charge in [0, 0.05) is 16.7 Å². The molecule has 29 heavy (non-hydrogen) atoms. The van der Waals surface area contributed by atoms with Gasteiger partial charge < -0.3 is 9.73 Å². The number of hydrogen-bond donors (Lipinski definition) is 1. The fourth-order valence-electron chi connectivity index (χ4n) is 4.03. The first-order chi connectivity index (χ1) is 13.7. The quantitative estimate of drug-likeness (QED) is 0.465. The van der Waals surface area contributed by atoms with Crippen LogP contribution in [0.15, 0.2) is 34.7 Å². The van der Waals surface area contributed by atoms with Crippen molar-refractivity contribution < 1.29 is 14.0 Å². The van der Waals surface area contributed by atoms with E-state index in [1.807, 2.05) is 44.2 Å². The fraction of sp³-hybridized carbons (Fsp3) is 0.360. The van der Waals surface area contributed by atoms with Gasteiger partial charge >= 0.3 is 0 Å². The van der Waals surface area contributed by atoms with Gasteiger partial charge in [0.15, 0.2) is 0 Å². The van der Waals surface area contributed by atoms with Crippen LogP contribution in [0.3, 0.4) is 0 Å². The average molecular weight is 389 g/mol. The van der Waals surface area contributed by atoms with Crippen molar-refractivity contribution in [3.63, 3.8) is 0 Å². The second kappa shape index (κ2) is 6.96. The standard InChI is InChI=1S/C25H27NO3/c1-14-7-6-8-17-16(14)9-10-18-21(17)23(28)22(27)20-15(2)19(29-24(18)20)13-26-12-11-25(3,4)5/h6-10,26H,11-13H2,1-5H3. The zero-order valence-electron chi connectivity index (χ0n) is 17.7. The number of carbonyl (C=O) groups is 2. The maximum atomic E-state index is 13.0. The molecule has 1 N–H and O–H groups in total. The van der Waals surface area contributed by atoms with Gasteiger partial charge in [0.2, 0.25) is 11.6 Å². The molecule has 4 nitrogen and oxygen atoms in total. The minimum Gasteiger partial charge on any atom is -0.459 e. The summed E-state index contributed by atoms with van der Waals surface area (Å²) in [5.74, 6) is 0.337. The average Bonchev–Trinajstić information content (AvgIpc) is 2.99. The number of Topliss-reactive ketones (excluding diaryl/α,β-unsaturated/α-hetero) is 2. The van der Waals surface area contributed by atoms with E-state index in [2.05, 4.69) is 26.1 Å². The highest BCUT2D eigenvalue weighted by molar-refractivity contribution is 6.54. The van der Waals surface area contributed by atoms with E-state index in [-0.39, 0.29) is 5.41 Å². The van der Waals surface area contributed by atoms with Crippen LogP contribution >= 0.6 is 0 Å². The third kappa shape index (κ3) is 3.32. The van der Waals surface area contributed by atoms with Gasteiger partial charge in [-0.2, -0.15) is 0 Å². The summed E-state index contributed by atoms with van der Waals surface area (Å²) in [7, 11) is 0. The van der Waals surface area contributed by atoms with Crippen LogP contribution in [0.2, 0.25) is 0 Å². The second-order valence-corrected chi connectivity index (χ2v) is 9.16. The van der Waals surface area contributed by atoms with Crippen LogP contribution in [0, 0.1) is 19.3 Å². The summed E-state index contributed by atoms with van der Waals surface area (Å²) in [5.41, 5.74) is 3.69. The van der Waals surface area contributed by atoms with E-state index in [1.54, 1.807) is 0 Å². The van der Waals surface area contributed by atoms with Crippen molar-refractivity contribution in [1.29, 1.82) is 0 Å². The topological polar surface area (TPSA) is 59.3 Å². The molecule has 0 spiro atoms. The Balaban J connectivity index is 1.76. The number of fused-ring (bicyclic) bond motifs is 5. The number of carbonyl (C=O) groups excluding carboxylic acids is 2. The van der Waals surface area contributed by atoms with Gasteiger partial charge in [0.25, 0.3) is 0 Å². The number of nitrogens with one attached hydrogen (secondary N) is 1. The molecule has 0 unspecified atom stereocenters. The monoisotopic (exact) mass is 389 g/mol. The minimum absolute atomic E-state index is 0.255. The number of furan rings is 1. The second-order valence-electron chi connectivity index (χ2n) is 9.16. The summed E-state index contributed by atoms with van der Waals surface area (Å²) in [6, 6.07) is 9.75. The molecule has 1 aliphatic carbocycles. The number of rotatable bonds is 4. The third-order valence-electron chi connectivity index (χ3n) is 5.77. The van der Waals surface area contributed by atoms with Gasteiger partial charge in [-0.25, -0.2) is 0 Å². The molecule has 0 bridgehead atoms. The van der Waals surface area contributed by atoms with Crippen LogP contribution < -0.4 is 5.32 Å². The van der Waals surface area contributed by atoms with E-state index >= 15 is 0 Å². The van der Waals surface area contributed by atoms with Gasteiger partial charge in [0.05, 0.1) is 12.1 Å². The van der Waals surface area contributed by atoms with Gasteiger partial charge in [0.1, 0.15) is 11.5 Å². The number of aryl methyl sites for hydroxylation is 1. The molecule has 0 fully saturated rings. The van der Waals surface area contributed by atoms with Crippen molar-refractivity contribution in [1.82, 2.24) is 5.32 Å². The lowest BCUT2D eigenvalue weighted by atomic mass is 9.83. The fourth-order valence-corrected chi connectivity index (χ4v) is 4.03. The van der Waals surface area contributed by atoms with Crippen LogP contribution in [0.5, 0.6) is 0 Å². The third-order valence-corrected chi connectivity index (χ3v) is 5.77. The van der Waals surface area contributed by atoms with Gasteiger partial charge in [-0.05, 0) is 54.6 Å². The molecule has 0 aliphatic heterocycles. The van der Waals surface area contributed by atoms with Crippen LogP contribution in [0.1, 0.15) is 64.8 Å². The van der Waals surface area contributed by atoms with Gasteiger partial charge in [-0.1, -0.05) is 45.0 Å². The highest BCUT2D eigenvalue weighted by atomic mass is 16.3. The molecule has 0 saturated heterocycles. The Morgan fingerprint density at radius 1 is 0.931 bits per heavy atom. The van der Waals surface area contributed by atoms with Crippen molar-refractivity contribution in [2.75, 3.05) is 6.54 Å². The Morgan fingerprint density at radius 2 is 1.66 bits per heavy atom. The number of hydrogen-bond acceptors (Lipinski definition) is 4. The van der Waals surface area contributed by atoms with E-state index in [0.717, 1.165) is 40.6 Å². The Kier molecular flexibility index (Phi) is 4.70. The molecule has 4 rings (SSSR count). The molecule has 0 atom stereocenters. The summed E-state index contributed by atoms with van der Waals surface area (Å²) in [6.45, 7) is 11.9. The number of ketones is 2. The first kappa shape index (κ1) is 19.6. The molecule has 4 heteroatoms.